The molecule has 2 heterocycles. The molecule has 1 amide bonds. The maximum Gasteiger partial charge on any atom is 0.253 e. The van der Waals surface area contributed by atoms with E-state index in [1.165, 1.54) is 0 Å². The molecule has 1 saturated heterocycles. The Labute approximate surface area is 138 Å². The zero-order valence-corrected chi connectivity index (χ0v) is 13.8. The summed E-state index contributed by atoms with van der Waals surface area (Å²) in [7, 11) is 1.90. The largest absolute Gasteiger partial charge is 0.338 e. The molecule has 0 radical (unpaired) electrons. The average molecular weight is 337 g/mol. The maximum atomic E-state index is 12.6. The number of nitrogens with one attached hydrogen (secondary N) is 1. The molecule has 0 bridgehead atoms. The Morgan fingerprint density at radius 3 is 2.77 bits per heavy atom. The first-order chi connectivity index (χ1) is 10.6. The van der Waals surface area contributed by atoms with Crippen molar-refractivity contribution in [3.63, 3.8) is 0 Å². The van der Waals surface area contributed by atoms with Crippen LogP contribution < -0.4 is 0 Å². The standard InChI is InChI=1S/C15H17ClN4OS/c1-19-13(17-18-15(19)22)11-3-2-8-20(9-11)14(21)10-4-6-12(16)7-5-10/h4-7,11H,2-3,8-9H2,1H3,(H,18,22). The van der Waals surface area contributed by atoms with Crippen molar-refractivity contribution in [2.24, 2.45) is 7.05 Å². The summed E-state index contributed by atoms with van der Waals surface area (Å²) in [4.78, 5) is 14.5. The predicted octanol–water partition coefficient (Wildman–Crippen LogP) is 3.15. The van der Waals surface area contributed by atoms with E-state index in [2.05, 4.69) is 10.2 Å². The van der Waals surface area contributed by atoms with Crippen molar-refractivity contribution in [1.82, 2.24) is 19.7 Å². The van der Waals surface area contributed by atoms with Crippen LogP contribution in [0.15, 0.2) is 24.3 Å². The highest BCUT2D eigenvalue weighted by Gasteiger charge is 2.28. The van der Waals surface area contributed by atoms with E-state index in [4.69, 9.17) is 23.8 Å². The third-order valence-electron chi connectivity index (χ3n) is 4.08. The van der Waals surface area contributed by atoms with E-state index in [9.17, 15) is 4.79 Å². The van der Waals surface area contributed by atoms with E-state index in [0.29, 0.717) is 21.9 Å². The third-order valence-corrected chi connectivity index (χ3v) is 4.70. The molecule has 3 rings (SSSR count). The molecule has 0 aliphatic carbocycles. The van der Waals surface area contributed by atoms with E-state index in [1.807, 2.05) is 16.5 Å². The minimum atomic E-state index is 0.0400. The van der Waals surface area contributed by atoms with Gasteiger partial charge in [-0.25, -0.2) is 0 Å². The van der Waals surface area contributed by atoms with Crippen LogP contribution in [-0.2, 0) is 7.05 Å². The Hall–Kier alpha value is -1.66. The van der Waals surface area contributed by atoms with Gasteiger partial charge in [0.2, 0.25) is 0 Å². The number of carbonyl (C=O) groups excluding carboxylic acids is 1. The predicted molar refractivity (Wildman–Crippen MR) is 87.7 cm³/mol. The van der Waals surface area contributed by atoms with E-state index in [-0.39, 0.29) is 11.8 Å². The highest BCUT2D eigenvalue weighted by molar-refractivity contribution is 7.71. The van der Waals surface area contributed by atoms with Crippen LogP contribution in [0, 0.1) is 4.77 Å². The molecule has 1 unspecified atom stereocenters. The van der Waals surface area contributed by atoms with Crippen LogP contribution in [0.4, 0.5) is 0 Å². The lowest BCUT2D eigenvalue weighted by Crippen LogP contribution is -2.39. The van der Waals surface area contributed by atoms with Gasteiger partial charge in [-0.3, -0.25) is 9.89 Å². The highest BCUT2D eigenvalue weighted by atomic mass is 35.5. The number of likely N-dealkylation sites (tertiary alicyclic amines) is 1. The number of aromatic amines is 1. The lowest BCUT2D eigenvalue weighted by atomic mass is 9.96. The lowest BCUT2D eigenvalue weighted by Gasteiger charge is -2.32. The van der Waals surface area contributed by atoms with Gasteiger partial charge >= 0.3 is 0 Å². The van der Waals surface area contributed by atoms with Crippen molar-refractivity contribution in [2.45, 2.75) is 18.8 Å². The summed E-state index contributed by atoms with van der Waals surface area (Å²) >= 11 is 11.0. The van der Waals surface area contributed by atoms with Gasteiger partial charge in [0.15, 0.2) is 4.77 Å². The second-order valence-electron chi connectivity index (χ2n) is 5.54. The minimum absolute atomic E-state index is 0.0400. The number of amides is 1. The highest BCUT2D eigenvalue weighted by Crippen LogP contribution is 2.26. The van der Waals surface area contributed by atoms with Gasteiger partial charge in [0, 0.05) is 36.6 Å². The Bertz CT molecular complexity index is 737. The zero-order chi connectivity index (χ0) is 15.7. The number of carbonyl (C=O) groups is 1. The van der Waals surface area contributed by atoms with Crippen LogP contribution in [0.25, 0.3) is 0 Å². The SMILES string of the molecule is Cn1c(C2CCCN(C(=O)c3ccc(Cl)cc3)C2)n[nH]c1=S. The molecule has 116 valence electrons. The fourth-order valence-electron chi connectivity index (χ4n) is 2.87. The average Bonchev–Trinajstić information content (AvgIpc) is 2.87. The van der Waals surface area contributed by atoms with Crippen molar-refractivity contribution < 1.29 is 4.79 Å². The molecule has 0 saturated carbocycles. The van der Waals surface area contributed by atoms with Gasteiger partial charge in [0.1, 0.15) is 5.82 Å². The number of hydrogen-bond acceptors (Lipinski definition) is 3. The summed E-state index contributed by atoms with van der Waals surface area (Å²) in [6, 6.07) is 7.02. The molecule has 1 aromatic carbocycles. The van der Waals surface area contributed by atoms with Gasteiger partial charge in [0.05, 0.1) is 0 Å². The Balaban J connectivity index is 1.78. The molecule has 5 nitrogen and oxygen atoms in total. The van der Waals surface area contributed by atoms with E-state index in [1.54, 1.807) is 24.3 Å². The number of hydrogen-bond donors (Lipinski definition) is 1. The molecule has 1 aliphatic heterocycles. The molecule has 7 heteroatoms. The summed E-state index contributed by atoms with van der Waals surface area (Å²) in [5.41, 5.74) is 0.667. The summed E-state index contributed by atoms with van der Waals surface area (Å²) in [5.74, 6) is 1.17. The summed E-state index contributed by atoms with van der Waals surface area (Å²) in [6.45, 7) is 1.43. The lowest BCUT2D eigenvalue weighted by molar-refractivity contribution is 0.0703. The van der Waals surface area contributed by atoms with Crippen LogP contribution in [0.1, 0.15) is 34.9 Å². The van der Waals surface area contributed by atoms with Gasteiger partial charge in [0.25, 0.3) is 5.91 Å². The molecule has 0 spiro atoms. The van der Waals surface area contributed by atoms with Gasteiger partial charge in [-0.05, 0) is 49.3 Å². The topological polar surface area (TPSA) is 53.9 Å². The maximum absolute atomic E-state index is 12.6. The number of H-pyrrole nitrogens is 1. The van der Waals surface area contributed by atoms with Crippen molar-refractivity contribution in [1.29, 1.82) is 0 Å². The summed E-state index contributed by atoms with van der Waals surface area (Å²) < 4.78 is 2.49. The van der Waals surface area contributed by atoms with Crippen LogP contribution >= 0.6 is 23.8 Å². The number of aromatic nitrogens is 3. The number of rotatable bonds is 2. The van der Waals surface area contributed by atoms with Crippen LogP contribution in [0.5, 0.6) is 0 Å². The van der Waals surface area contributed by atoms with Crippen molar-refractivity contribution in [3.8, 4) is 0 Å². The van der Waals surface area contributed by atoms with Crippen LogP contribution in [-0.4, -0.2) is 38.7 Å². The first kappa shape index (κ1) is 15.2. The number of piperidine rings is 1. The van der Waals surface area contributed by atoms with Gasteiger partial charge < -0.3 is 9.47 Å². The smallest absolute Gasteiger partial charge is 0.253 e. The molecule has 1 fully saturated rings. The molecular formula is C15H17ClN4OS. The summed E-state index contributed by atoms with van der Waals surface area (Å²) in [6.07, 6.45) is 1.97. The second-order valence-corrected chi connectivity index (χ2v) is 6.37. The quantitative estimate of drug-likeness (QED) is 0.857. The number of halogens is 1. The van der Waals surface area contributed by atoms with Gasteiger partial charge in [-0.1, -0.05) is 11.6 Å². The Kier molecular flexibility index (Phi) is 4.31. The van der Waals surface area contributed by atoms with Crippen LogP contribution in [0.2, 0.25) is 5.02 Å². The second kappa shape index (κ2) is 6.22. The molecule has 1 aromatic heterocycles. The van der Waals surface area contributed by atoms with Crippen molar-refractivity contribution in [2.75, 3.05) is 13.1 Å². The van der Waals surface area contributed by atoms with Crippen LogP contribution in [0.3, 0.4) is 0 Å². The molecule has 22 heavy (non-hydrogen) atoms. The fraction of sp³-hybridized carbons (Fsp3) is 0.400. The van der Waals surface area contributed by atoms with Gasteiger partial charge in [-0.2, -0.15) is 5.10 Å². The first-order valence-electron chi connectivity index (χ1n) is 7.22. The van der Waals surface area contributed by atoms with E-state index < -0.39 is 0 Å². The third kappa shape index (κ3) is 2.94. The summed E-state index contributed by atoms with van der Waals surface area (Å²) in [5, 5.41) is 7.76. The Morgan fingerprint density at radius 2 is 2.14 bits per heavy atom. The van der Waals surface area contributed by atoms with Crippen molar-refractivity contribution in [3.05, 3.63) is 45.4 Å². The molecule has 1 aliphatic rings. The van der Waals surface area contributed by atoms with E-state index >= 15 is 0 Å². The minimum Gasteiger partial charge on any atom is -0.338 e. The molecule has 1 N–H and O–H groups in total. The fourth-order valence-corrected chi connectivity index (χ4v) is 3.14. The monoisotopic (exact) mass is 336 g/mol. The number of benzene rings is 1. The molecular weight excluding hydrogens is 320 g/mol. The Morgan fingerprint density at radius 1 is 1.41 bits per heavy atom. The normalized spacial score (nSPS) is 18.5. The van der Waals surface area contributed by atoms with Gasteiger partial charge in [-0.15, -0.1) is 0 Å². The molecule has 2 aromatic rings. The van der Waals surface area contributed by atoms with Crippen molar-refractivity contribution >= 4 is 29.7 Å². The zero-order valence-electron chi connectivity index (χ0n) is 12.3. The first-order valence-corrected chi connectivity index (χ1v) is 8.01. The van der Waals surface area contributed by atoms with E-state index in [0.717, 1.165) is 25.2 Å². The molecule has 1 atom stereocenters. The number of nitrogens with zero attached hydrogens (tertiary/aromatic N) is 3.